The Hall–Kier alpha value is -2.62. The molecule has 0 aromatic heterocycles. The van der Waals surface area contributed by atoms with Crippen LogP contribution in [-0.4, -0.2) is 27.4 Å². The van der Waals surface area contributed by atoms with Gasteiger partial charge in [0.2, 0.25) is 10.0 Å². The number of sulfonamides is 1. The Labute approximate surface area is 142 Å². The maximum atomic E-state index is 12.7. The van der Waals surface area contributed by atoms with Crippen molar-refractivity contribution in [1.82, 2.24) is 4.72 Å². The maximum Gasteiger partial charge on any atom is 0.258 e. The summed E-state index contributed by atoms with van der Waals surface area (Å²) in [6, 6.07) is 15.1. The summed E-state index contributed by atoms with van der Waals surface area (Å²) in [6.07, 6.45) is 5.08. The number of para-hydroxylation sites is 1. The number of benzene rings is 2. The van der Waals surface area contributed by atoms with Crippen molar-refractivity contribution in [3.05, 3.63) is 60.2 Å². The molecule has 6 heteroatoms. The Morgan fingerprint density at radius 3 is 2.50 bits per heavy atom. The highest BCUT2D eigenvalue weighted by Crippen LogP contribution is 2.18. The molecule has 0 aliphatic heterocycles. The van der Waals surface area contributed by atoms with Crippen molar-refractivity contribution in [3.63, 3.8) is 0 Å². The smallest absolute Gasteiger partial charge is 0.258 e. The molecule has 0 aliphatic carbocycles. The molecule has 0 radical (unpaired) electrons. The molecule has 1 N–H and O–H groups in total. The monoisotopic (exact) mass is 342 g/mol. The molecular formula is C18H18N2O3S. The van der Waals surface area contributed by atoms with Gasteiger partial charge in [0.1, 0.15) is 0 Å². The number of carbonyl (C=O) groups excluding carboxylic acids is 1. The highest BCUT2D eigenvalue weighted by atomic mass is 32.2. The number of hydrogen-bond donors (Lipinski definition) is 1. The fourth-order valence-corrected chi connectivity index (χ4v) is 3.20. The topological polar surface area (TPSA) is 66.5 Å². The summed E-state index contributed by atoms with van der Waals surface area (Å²) in [5, 5.41) is 0. The van der Waals surface area contributed by atoms with Gasteiger partial charge in [-0.1, -0.05) is 30.2 Å². The molecule has 1 amide bonds. The van der Waals surface area contributed by atoms with Gasteiger partial charge in [-0.2, -0.15) is 4.72 Å². The summed E-state index contributed by atoms with van der Waals surface area (Å²) < 4.78 is 26.6. The predicted octanol–water partition coefficient (Wildman–Crippen LogP) is 2.26. The van der Waals surface area contributed by atoms with Crippen LogP contribution in [0.15, 0.2) is 59.5 Å². The summed E-state index contributed by atoms with van der Waals surface area (Å²) in [7, 11) is -3.74. The Bertz CT molecular complexity index is 855. The number of nitrogens with zero attached hydrogens (tertiary/aromatic N) is 1. The van der Waals surface area contributed by atoms with Crippen molar-refractivity contribution >= 4 is 21.6 Å². The van der Waals surface area contributed by atoms with Gasteiger partial charge in [-0.3, -0.25) is 4.79 Å². The van der Waals surface area contributed by atoms with Gasteiger partial charge in [-0.15, -0.1) is 6.42 Å². The fourth-order valence-electron chi connectivity index (χ4n) is 2.22. The number of terminal acetylenes is 1. The lowest BCUT2D eigenvalue weighted by molar-refractivity contribution is 0.0988. The van der Waals surface area contributed by atoms with Crippen LogP contribution in [0.4, 0.5) is 5.69 Å². The quantitative estimate of drug-likeness (QED) is 0.819. The maximum absolute atomic E-state index is 12.7. The van der Waals surface area contributed by atoms with E-state index in [0.29, 0.717) is 12.1 Å². The second-order valence-corrected chi connectivity index (χ2v) is 6.71. The van der Waals surface area contributed by atoms with Crippen LogP contribution in [0, 0.1) is 12.3 Å². The van der Waals surface area contributed by atoms with E-state index in [9.17, 15) is 13.2 Å². The molecule has 5 nitrogen and oxygen atoms in total. The van der Waals surface area contributed by atoms with Crippen molar-refractivity contribution in [1.29, 1.82) is 0 Å². The molecule has 0 saturated heterocycles. The van der Waals surface area contributed by atoms with Gasteiger partial charge in [0.25, 0.3) is 5.91 Å². The van der Waals surface area contributed by atoms with Gasteiger partial charge < -0.3 is 4.90 Å². The average molecular weight is 342 g/mol. The van der Waals surface area contributed by atoms with Crippen molar-refractivity contribution in [2.75, 3.05) is 18.0 Å². The molecular weight excluding hydrogens is 324 g/mol. The van der Waals surface area contributed by atoms with E-state index in [-0.39, 0.29) is 17.3 Å². The van der Waals surface area contributed by atoms with Crippen molar-refractivity contribution in [3.8, 4) is 12.3 Å². The fraction of sp³-hybridized carbons (Fsp3) is 0.167. The largest absolute Gasteiger partial charge is 0.309 e. The van der Waals surface area contributed by atoms with Gasteiger partial charge in [-0.05, 0) is 37.3 Å². The van der Waals surface area contributed by atoms with Gasteiger partial charge >= 0.3 is 0 Å². The van der Waals surface area contributed by atoms with E-state index in [2.05, 4.69) is 10.6 Å². The summed E-state index contributed by atoms with van der Waals surface area (Å²) in [5.41, 5.74) is 1.05. The summed E-state index contributed by atoms with van der Waals surface area (Å²) >= 11 is 0. The molecule has 2 aromatic rings. The van der Waals surface area contributed by atoms with Crippen LogP contribution in [0.1, 0.15) is 17.3 Å². The number of carbonyl (C=O) groups is 1. The zero-order chi connectivity index (χ0) is 17.6. The summed E-state index contributed by atoms with van der Waals surface area (Å²) in [6.45, 7) is 2.22. The first-order valence-corrected chi connectivity index (χ1v) is 8.88. The lowest BCUT2D eigenvalue weighted by Crippen LogP contribution is -2.31. The molecule has 0 atom stereocenters. The predicted molar refractivity (Wildman–Crippen MR) is 94.3 cm³/mol. The molecule has 0 bridgehead atoms. The SMILES string of the molecule is C#CCNS(=O)(=O)c1cccc(C(=O)N(CC)c2ccccc2)c1. The number of hydrogen-bond acceptors (Lipinski definition) is 3. The molecule has 24 heavy (non-hydrogen) atoms. The van der Waals surface area contributed by atoms with E-state index in [1.807, 2.05) is 37.3 Å². The Morgan fingerprint density at radius 1 is 1.17 bits per heavy atom. The zero-order valence-corrected chi connectivity index (χ0v) is 14.1. The third-order valence-electron chi connectivity index (χ3n) is 3.38. The number of nitrogens with one attached hydrogen (secondary N) is 1. The minimum atomic E-state index is -3.74. The van der Waals surface area contributed by atoms with Gasteiger partial charge in [0.05, 0.1) is 11.4 Å². The third kappa shape index (κ3) is 4.02. The molecule has 0 fully saturated rings. The van der Waals surface area contributed by atoms with E-state index in [1.165, 1.54) is 18.2 Å². The van der Waals surface area contributed by atoms with Crippen LogP contribution in [0.3, 0.4) is 0 Å². The number of amides is 1. The van der Waals surface area contributed by atoms with Crippen LogP contribution in [0.25, 0.3) is 0 Å². The molecule has 0 spiro atoms. The first kappa shape index (κ1) is 17.7. The Morgan fingerprint density at radius 2 is 1.88 bits per heavy atom. The number of anilines is 1. The first-order chi connectivity index (χ1) is 11.5. The highest BCUT2D eigenvalue weighted by molar-refractivity contribution is 7.89. The van der Waals surface area contributed by atoms with E-state index in [4.69, 9.17) is 6.42 Å². The minimum Gasteiger partial charge on any atom is -0.309 e. The molecule has 124 valence electrons. The van der Waals surface area contributed by atoms with Crippen molar-refractivity contribution < 1.29 is 13.2 Å². The van der Waals surface area contributed by atoms with E-state index < -0.39 is 10.0 Å². The second-order valence-electron chi connectivity index (χ2n) is 4.94. The normalized spacial score (nSPS) is 10.8. The van der Waals surface area contributed by atoms with Crippen LogP contribution in [0.5, 0.6) is 0 Å². The Balaban J connectivity index is 2.34. The second kappa shape index (κ2) is 7.77. The Kier molecular flexibility index (Phi) is 5.74. The average Bonchev–Trinajstić information content (AvgIpc) is 2.61. The van der Waals surface area contributed by atoms with Gasteiger partial charge in [-0.25, -0.2) is 8.42 Å². The van der Waals surface area contributed by atoms with Crippen molar-refractivity contribution in [2.45, 2.75) is 11.8 Å². The zero-order valence-electron chi connectivity index (χ0n) is 13.3. The van der Waals surface area contributed by atoms with Gasteiger partial charge in [0, 0.05) is 17.8 Å². The minimum absolute atomic E-state index is 0.00714. The standard InChI is InChI=1S/C18H18N2O3S/c1-3-13-19-24(22,23)17-12-8-9-15(14-17)18(21)20(4-2)16-10-6-5-7-11-16/h1,5-12,14,19H,4,13H2,2H3. The first-order valence-electron chi connectivity index (χ1n) is 7.39. The molecule has 0 heterocycles. The number of rotatable bonds is 6. The molecule has 0 unspecified atom stereocenters. The molecule has 0 aliphatic rings. The lowest BCUT2D eigenvalue weighted by atomic mass is 10.2. The van der Waals surface area contributed by atoms with Crippen LogP contribution < -0.4 is 9.62 Å². The van der Waals surface area contributed by atoms with Crippen LogP contribution >= 0.6 is 0 Å². The van der Waals surface area contributed by atoms with E-state index >= 15 is 0 Å². The third-order valence-corrected chi connectivity index (χ3v) is 4.78. The molecule has 0 saturated carbocycles. The highest BCUT2D eigenvalue weighted by Gasteiger charge is 2.19. The summed E-state index contributed by atoms with van der Waals surface area (Å²) in [5.74, 6) is 1.95. The van der Waals surface area contributed by atoms with Gasteiger partial charge in [0.15, 0.2) is 0 Å². The van der Waals surface area contributed by atoms with Crippen LogP contribution in [0.2, 0.25) is 0 Å². The van der Waals surface area contributed by atoms with Crippen LogP contribution in [-0.2, 0) is 10.0 Å². The van der Waals surface area contributed by atoms with Crippen molar-refractivity contribution in [2.24, 2.45) is 0 Å². The summed E-state index contributed by atoms with van der Waals surface area (Å²) in [4.78, 5) is 14.3. The lowest BCUT2D eigenvalue weighted by Gasteiger charge is -2.21. The molecule has 2 aromatic carbocycles. The van der Waals surface area contributed by atoms with E-state index in [1.54, 1.807) is 11.0 Å². The molecule has 2 rings (SSSR count). The van der Waals surface area contributed by atoms with E-state index in [0.717, 1.165) is 5.69 Å².